The van der Waals surface area contributed by atoms with Crippen LogP contribution >= 0.6 is 0 Å². The van der Waals surface area contributed by atoms with Crippen molar-refractivity contribution in [3.05, 3.63) is 89.2 Å². The average molecular weight is 429 g/mol. The number of fused-ring (bicyclic) bond motifs is 1. The minimum Gasteiger partial charge on any atom is -0.355 e. The van der Waals surface area contributed by atoms with Gasteiger partial charge in [0.05, 0.1) is 0 Å². The third-order valence-corrected chi connectivity index (χ3v) is 5.63. The topological polar surface area (TPSA) is 74.0 Å². The van der Waals surface area contributed by atoms with E-state index < -0.39 is 0 Å². The Morgan fingerprint density at radius 2 is 1.72 bits per heavy atom. The standard InChI is InChI=1S/C26H24FN3O2/c1-16-19(26(32)28-2)7-5-9-22(16)29-24(31)15-14-21-20-6-3-4-8-23(20)30-25(21)17-10-12-18(27)13-11-17/h3-13,30H,14-15H2,1-2H3,(H,28,32)(H,29,31). The molecule has 4 rings (SSSR count). The van der Waals surface area contributed by atoms with E-state index in [1.54, 1.807) is 37.4 Å². The number of rotatable bonds is 6. The number of carbonyl (C=O) groups excluding carboxylic acids is 2. The van der Waals surface area contributed by atoms with Crippen molar-refractivity contribution in [1.82, 2.24) is 10.3 Å². The van der Waals surface area contributed by atoms with Crippen molar-refractivity contribution < 1.29 is 14.0 Å². The molecule has 0 radical (unpaired) electrons. The fraction of sp³-hybridized carbons (Fsp3) is 0.154. The number of hydrogen-bond acceptors (Lipinski definition) is 2. The van der Waals surface area contributed by atoms with Gasteiger partial charge in [-0.2, -0.15) is 0 Å². The van der Waals surface area contributed by atoms with Crippen molar-refractivity contribution >= 4 is 28.4 Å². The molecule has 0 atom stereocenters. The van der Waals surface area contributed by atoms with Gasteiger partial charge in [-0.3, -0.25) is 9.59 Å². The highest BCUT2D eigenvalue weighted by atomic mass is 19.1. The quantitative estimate of drug-likeness (QED) is 0.393. The lowest BCUT2D eigenvalue weighted by Gasteiger charge is -2.12. The summed E-state index contributed by atoms with van der Waals surface area (Å²) in [6.45, 7) is 1.81. The highest BCUT2D eigenvalue weighted by Gasteiger charge is 2.16. The van der Waals surface area contributed by atoms with E-state index in [0.717, 1.165) is 33.3 Å². The predicted octanol–water partition coefficient (Wildman–Crippen LogP) is 5.21. The maximum absolute atomic E-state index is 13.4. The van der Waals surface area contributed by atoms with Gasteiger partial charge in [-0.05, 0) is 72.5 Å². The summed E-state index contributed by atoms with van der Waals surface area (Å²) in [5.74, 6) is -0.626. The Labute approximate surface area is 185 Å². The molecule has 0 fully saturated rings. The van der Waals surface area contributed by atoms with Gasteiger partial charge >= 0.3 is 0 Å². The lowest BCUT2D eigenvalue weighted by Crippen LogP contribution is -2.20. The van der Waals surface area contributed by atoms with E-state index in [-0.39, 0.29) is 24.1 Å². The molecule has 32 heavy (non-hydrogen) atoms. The van der Waals surface area contributed by atoms with Crippen molar-refractivity contribution in [2.45, 2.75) is 19.8 Å². The van der Waals surface area contributed by atoms with Gasteiger partial charge in [-0.15, -0.1) is 0 Å². The summed E-state index contributed by atoms with van der Waals surface area (Å²) in [6.07, 6.45) is 0.774. The van der Waals surface area contributed by atoms with Crippen molar-refractivity contribution in [3.63, 3.8) is 0 Å². The van der Waals surface area contributed by atoms with Crippen molar-refractivity contribution in [2.24, 2.45) is 0 Å². The number of H-pyrrole nitrogens is 1. The number of halogens is 1. The minimum absolute atomic E-state index is 0.141. The van der Waals surface area contributed by atoms with Crippen LogP contribution in [0, 0.1) is 12.7 Å². The Morgan fingerprint density at radius 1 is 0.969 bits per heavy atom. The summed E-state index contributed by atoms with van der Waals surface area (Å²) in [7, 11) is 1.58. The molecule has 0 bridgehead atoms. The van der Waals surface area contributed by atoms with Gasteiger partial charge in [0, 0.05) is 41.3 Å². The Kier molecular flexibility index (Phi) is 6.03. The Balaban J connectivity index is 1.57. The SMILES string of the molecule is CNC(=O)c1cccc(NC(=O)CCc2c(-c3ccc(F)cc3)[nH]c3ccccc23)c1C. The lowest BCUT2D eigenvalue weighted by atomic mass is 10.0. The van der Waals surface area contributed by atoms with Crippen molar-refractivity contribution in [1.29, 1.82) is 0 Å². The Morgan fingerprint density at radius 3 is 2.47 bits per heavy atom. The first-order chi connectivity index (χ1) is 15.5. The highest BCUT2D eigenvalue weighted by molar-refractivity contribution is 5.99. The number of carbonyl (C=O) groups is 2. The number of nitrogens with one attached hydrogen (secondary N) is 3. The Bertz CT molecular complexity index is 1290. The van der Waals surface area contributed by atoms with Crippen LogP contribution in [0.5, 0.6) is 0 Å². The molecule has 5 nitrogen and oxygen atoms in total. The zero-order valence-electron chi connectivity index (χ0n) is 18.0. The Hall–Kier alpha value is -3.93. The first-order valence-electron chi connectivity index (χ1n) is 10.4. The van der Waals surface area contributed by atoms with E-state index in [4.69, 9.17) is 0 Å². The third-order valence-electron chi connectivity index (χ3n) is 5.63. The molecular weight excluding hydrogens is 405 g/mol. The fourth-order valence-electron chi connectivity index (χ4n) is 3.93. The number of aromatic nitrogens is 1. The second kappa shape index (κ2) is 9.06. The normalized spacial score (nSPS) is 10.8. The lowest BCUT2D eigenvalue weighted by molar-refractivity contribution is -0.116. The molecule has 1 heterocycles. The van der Waals surface area contributed by atoms with Crippen LogP contribution in [0.15, 0.2) is 66.7 Å². The van der Waals surface area contributed by atoms with Gasteiger partial charge < -0.3 is 15.6 Å². The number of hydrogen-bond donors (Lipinski definition) is 3. The van der Waals surface area contributed by atoms with Crippen LogP contribution in [0.2, 0.25) is 0 Å². The zero-order valence-corrected chi connectivity index (χ0v) is 18.0. The van der Waals surface area contributed by atoms with Crippen molar-refractivity contribution in [2.75, 3.05) is 12.4 Å². The molecule has 162 valence electrons. The molecule has 0 saturated carbocycles. The molecular formula is C26H24FN3O2. The van der Waals surface area contributed by atoms with E-state index >= 15 is 0 Å². The van der Waals surface area contributed by atoms with Gasteiger partial charge in [0.1, 0.15) is 5.82 Å². The monoisotopic (exact) mass is 429 g/mol. The van der Waals surface area contributed by atoms with Crippen molar-refractivity contribution in [3.8, 4) is 11.3 Å². The van der Waals surface area contributed by atoms with Gasteiger partial charge in [-0.25, -0.2) is 4.39 Å². The van der Waals surface area contributed by atoms with Crippen LogP contribution in [-0.2, 0) is 11.2 Å². The number of para-hydroxylation sites is 1. The van der Waals surface area contributed by atoms with Crippen LogP contribution in [0.3, 0.4) is 0 Å². The summed E-state index contributed by atoms with van der Waals surface area (Å²) in [5.41, 5.74) is 5.60. The van der Waals surface area contributed by atoms with Crippen LogP contribution in [0.1, 0.15) is 27.9 Å². The molecule has 3 N–H and O–H groups in total. The molecule has 6 heteroatoms. The molecule has 0 aliphatic rings. The first-order valence-corrected chi connectivity index (χ1v) is 10.4. The van der Waals surface area contributed by atoms with Crippen LogP contribution in [-0.4, -0.2) is 23.8 Å². The van der Waals surface area contributed by atoms with E-state index in [1.165, 1.54) is 12.1 Å². The minimum atomic E-state index is -0.292. The first kappa shape index (κ1) is 21.3. The molecule has 4 aromatic rings. The molecule has 0 aliphatic carbocycles. The molecule has 0 spiro atoms. The molecule has 0 saturated heterocycles. The maximum Gasteiger partial charge on any atom is 0.251 e. The number of aromatic amines is 1. The van der Waals surface area contributed by atoms with Gasteiger partial charge in [0.2, 0.25) is 5.91 Å². The van der Waals surface area contributed by atoms with E-state index in [1.807, 2.05) is 31.2 Å². The maximum atomic E-state index is 13.4. The number of aryl methyl sites for hydroxylation is 1. The van der Waals surface area contributed by atoms with Gasteiger partial charge in [0.25, 0.3) is 5.91 Å². The average Bonchev–Trinajstić information content (AvgIpc) is 3.17. The zero-order chi connectivity index (χ0) is 22.7. The molecule has 0 unspecified atom stereocenters. The predicted molar refractivity (Wildman–Crippen MR) is 125 cm³/mol. The third kappa shape index (κ3) is 4.25. The number of anilines is 1. The van der Waals surface area contributed by atoms with E-state index in [0.29, 0.717) is 17.7 Å². The second-order valence-corrected chi connectivity index (χ2v) is 7.64. The van der Waals surface area contributed by atoms with Gasteiger partial charge in [-0.1, -0.05) is 24.3 Å². The number of benzene rings is 3. The largest absolute Gasteiger partial charge is 0.355 e. The smallest absolute Gasteiger partial charge is 0.251 e. The fourth-order valence-corrected chi connectivity index (χ4v) is 3.93. The van der Waals surface area contributed by atoms with Crippen LogP contribution in [0.4, 0.5) is 10.1 Å². The number of amides is 2. The summed E-state index contributed by atoms with van der Waals surface area (Å²) in [6, 6.07) is 19.5. The summed E-state index contributed by atoms with van der Waals surface area (Å²) in [4.78, 5) is 28.2. The second-order valence-electron chi connectivity index (χ2n) is 7.64. The van der Waals surface area contributed by atoms with E-state index in [9.17, 15) is 14.0 Å². The molecule has 0 aliphatic heterocycles. The van der Waals surface area contributed by atoms with E-state index in [2.05, 4.69) is 15.6 Å². The summed E-state index contributed by atoms with van der Waals surface area (Å²) in [5, 5.41) is 6.58. The van der Waals surface area contributed by atoms with Crippen LogP contribution < -0.4 is 10.6 Å². The highest BCUT2D eigenvalue weighted by Crippen LogP contribution is 2.31. The summed E-state index contributed by atoms with van der Waals surface area (Å²) < 4.78 is 13.4. The molecule has 3 aromatic carbocycles. The molecule has 1 aromatic heterocycles. The van der Waals surface area contributed by atoms with Gasteiger partial charge in [0.15, 0.2) is 0 Å². The van der Waals surface area contributed by atoms with Crippen LogP contribution in [0.25, 0.3) is 22.2 Å². The summed E-state index contributed by atoms with van der Waals surface area (Å²) >= 11 is 0. The molecule has 2 amide bonds.